The van der Waals surface area contributed by atoms with Gasteiger partial charge in [-0.25, -0.2) is 0 Å². The van der Waals surface area contributed by atoms with Crippen LogP contribution in [0.4, 0.5) is 5.69 Å². The molecule has 1 unspecified atom stereocenters. The fourth-order valence-corrected chi connectivity index (χ4v) is 2.31. The number of anilines is 1. The lowest BCUT2D eigenvalue weighted by molar-refractivity contribution is -0.141. The first-order valence-electron chi connectivity index (χ1n) is 5.47. The summed E-state index contributed by atoms with van der Waals surface area (Å²) in [6, 6.07) is 5.43. The third kappa shape index (κ3) is 1.65. The number of rotatable bonds is 2. The Hall–Kier alpha value is -1.68. The summed E-state index contributed by atoms with van der Waals surface area (Å²) in [6.07, 6.45) is -0.174. The van der Waals surface area contributed by atoms with Gasteiger partial charge in [-0.1, -0.05) is 17.7 Å². The van der Waals surface area contributed by atoms with Crippen LogP contribution in [0, 0.1) is 6.92 Å². The Morgan fingerprint density at radius 1 is 1.47 bits per heavy atom. The van der Waals surface area contributed by atoms with E-state index < -0.39 is 11.5 Å². The van der Waals surface area contributed by atoms with Crippen LogP contribution in [0.1, 0.15) is 24.5 Å². The van der Waals surface area contributed by atoms with Crippen molar-refractivity contribution in [2.75, 3.05) is 11.9 Å². The number of Topliss-reactive ketones (excluding diaryl/α,β-unsaturated/α-hetero) is 1. The quantitative estimate of drug-likeness (QED) is 0.833. The summed E-state index contributed by atoms with van der Waals surface area (Å²) >= 11 is 0. The zero-order valence-electron chi connectivity index (χ0n) is 10.2. The first-order valence-corrected chi connectivity index (χ1v) is 5.47. The molecule has 4 nitrogen and oxygen atoms in total. The second-order valence-corrected chi connectivity index (χ2v) is 4.62. The highest BCUT2D eigenvalue weighted by molar-refractivity contribution is 6.08. The summed E-state index contributed by atoms with van der Waals surface area (Å²) in [4.78, 5) is 24.7. The summed E-state index contributed by atoms with van der Waals surface area (Å²) in [5, 5.41) is 10.5. The fourth-order valence-electron chi connectivity index (χ4n) is 2.31. The summed E-state index contributed by atoms with van der Waals surface area (Å²) < 4.78 is 0. The number of ketones is 1. The lowest BCUT2D eigenvalue weighted by Gasteiger charge is -2.20. The van der Waals surface area contributed by atoms with E-state index in [1.807, 2.05) is 13.0 Å². The fraction of sp³-hybridized carbons (Fsp3) is 0.385. The molecule has 4 heteroatoms. The van der Waals surface area contributed by atoms with Crippen LogP contribution in [-0.4, -0.2) is 23.8 Å². The van der Waals surface area contributed by atoms with E-state index >= 15 is 0 Å². The van der Waals surface area contributed by atoms with Crippen molar-refractivity contribution in [1.82, 2.24) is 0 Å². The molecule has 0 saturated carbocycles. The number of aryl methyl sites for hydroxylation is 1. The van der Waals surface area contributed by atoms with Crippen molar-refractivity contribution >= 4 is 17.4 Å². The summed E-state index contributed by atoms with van der Waals surface area (Å²) in [5.41, 5.74) is 0.459. The maximum atomic E-state index is 12.1. The smallest absolute Gasteiger partial charge is 0.263 e. The first kappa shape index (κ1) is 11.8. The minimum atomic E-state index is -1.69. The number of likely N-dealkylation sites (N-methyl/N-ethyl adjacent to an activating group) is 1. The van der Waals surface area contributed by atoms with Crippen LogP contribution in [0.3, 0.4) is 0 Å². The maximum absolute atomic E-state index is 12.1. The molecule has 0 radical (unpaired) electrons. The van der Waals surface area contributed by atoms with E-state index in [1.165, 1.54) is 11.8 Å². The molecule has 1 aliphatic rings. The first-order chi connectivity index (χ1) is 7.86. The molecular formula is C13H15NO3. The van der Waals surface area contributed by atoms with E-state index in [-0.39, 0.29) is 12.2 Å². The van der Waals surface area contributed by atoms with Gasteiger partial charge in [0, 0.05) is 19.0 Å². The Morgan fingerprint density at radius 2 is 2.12 bits per heavy atom. The standard InChI is InChI=1S/C13H15NO3/c1-8-4-5-11-10(6-8)13(17,7-9(2)15)12(16)14(11)3/h4-6,17H,7H2,1-3H3. The second-order valence-electron chi connectivity index (χ2n) is 4.62. The predicted octanol–water partition coefficient (Wildman–Crippen LogP) is 1.14. The molecule has 1 aromatic rings. The number of nitrogens with zero attached hydrogens (tertiary/aromatic N) is 1. The molecule has 0 saturated heterocycles. The Morgan fingerprint density at radius 3 is 2.71 bits per heavy atom. The van der Waals surface area contributed by atoms with Crippen LogP contribution in [0.25, 0.3) is 0 Å². The molecule has 90 valence electrons. The average molecular weight is 233 g/mol. The highest BCUT2D eigenvalue weighted by atomic mass is 16.3. The minimum Gasteiger partial charge on any atom is -0.375 e. The van der Waals surface area contributed by atoms with Gasteiger partial charge in [-0.15, -0.1) is 0 Å². The van der Waals surface area contributed by atoms with Crippen LogP contribution in [-0.2, 0) is 15.2 Å². The Kier molecular flexibility index (Phi) is 2.54. The topological polar surface area (TPSA) is 57.6 Å². The van der Waals surface area contributed by atoms with Crippen molar-refractivity contribution < 1.29 is 14.7 Å². The number of carbonyl (C=O) groups is 2. The molecule has 0 spiro atoms. The Bertz CT molecular complexity index is 509. The number of hydrogen-bond acceptors (Lipinski definition) is 3. The molecule has 0 bridgehead atoms. The van der Waals surface area contributed by atoms with Gasteiger partial charge in [0.1, 0.15) is 5.78 Å². The molecule has 2 rings (SSSR count). The Balaban J connectivity index is 2.60. The van der Waals surface area contributed by atoms with Crippen LogP contribution in [0.5, 0.6) is 0 Å². The van der Waals surface area contributed by atoms with Crippen molar-refractivity contribution in [1.29, 1.82) is 0 Å². The average Bonchev–Trinajstić information content (AvgIpc) is 2.41. The largest absolute Gasteiger partial charge is 0.375 e. The zero-order valence-corrected chi connectivity index (χ0v) is 10.2. The van der Waals surface area contributed by atoms with E-state index in [0.717, 1.165) is 5.56 Å². The summed E-state index contributed by atoms with van der Waals surface area (Å²) in [6.45, 7) is 3.26. The predicted molar refractivity (Wildman–Crippen MR) is 63.8 cm³/mol. The number of amides is 1. The minimum absolute atomic E-state index is 0.174. The second kappa shape index (κ2) is 3.67. The SMILES string of the molecule is CC(=O)CC1(O)C(=O)N(C)c2ccc(C)cc21. The van der Waals surface area contributed by atoms with Crippen molar-refractivity contribution in [3.8, 4) is 0 Å². The molecule has 1 aromatic carbocycles. The van der Waals surface area contributed by atoms with Gasteiger partial charge in [-0.3, -0.25) is 9.59 Å². The van der Waals surface area contributed by atoms with Crippen molar-refractivity contribution in [2.45, 2.75) is 25.9 Å². The van der Waals surface area contributed by atoms with Gasteiger partial charge < -0.3 is 10.0 Å². The van der Waals surface area contributed by atoms with Gasteiger partial charge in [0.2, 0.25) is 0 Å². The highest BCUT2D eigenvalue weighted by Crippen LogP contribution is 2.41. The lowest BCUT2D eigenvalue weighted by atomic mass is 9.89. The van der Waals surface area contributed by atoms with E-state index in [0.29, 0.717) is 11.3 Å². The summed E-state index contributed by atoms with van der Waals surface area (Å²) in [5.74, 6) is -0.642. The normalized spacial score (nSPS) is 22.8. The van der Waals surface area contributed by atoms with E-state index in [9.17, 15) is 14.7 Å². The van der Waals surface area contributed by atoms with Gasteiger partial charge in [0.15, 0.2) is 5.60 Å². The van der Waals surface area contributed by atoms with Crippen molar-refractivity contribution in [3.05, 3.63) is 29.3 Å². The molecule has 1 amide bonds. The van der Waals surface area contributed by atoms with Crippen molar-refractivity contribution in [2.24, 2.45) is 0 Å². The lowest BCUT2D eigenvalue weighted by Crippen LogP contribution is -2.39. The number of aliphatic hydroxyl groups is 1. The molecule has 1 N–H and O–H groups in total. The maximum Gasteiger partial charge on any atom is 0.263 e. The number of hydrogen-bond donors (Lipinski definition) is 1. The Labute approximate surface area is 99.9 Å². The molecule has 1 aliphatic heterocycles. The number of carbonyl (C=O) groups excluding carboxylic acids is 2. The van der Waals surface area contributed by atoms with Crippen LogP contribution >= 0.6 is 0 Å². The van der Waals surface area contributed by atoms with Gasteiger partial charge in [0.05, 0.1) is 5.69 Å². The molecular weight excluding hydrogens is 218 g/mol. The van der Waals surface area contributed by atoms with Crippen LogP contribution in [0.15, 0.2) is 18.2 Å². The monoisotopic (exact) mass is 233 g/mol. The van der Waals surface area contributed by atoms with Crippen molar-refractivity contribution in [3.63, 3.8) is 0 Å². The zero-order chi connectivity index (χ0) is 12.8. The third-order valence-corrected chi connectivity index (χ3v) is 3.12. The van der Waals surface area contributed by atoms with Crippen LogP contribution in [0.2, 0.25) is 0 Å². The molecule has 0 fully saturated rings. The molecule has 1 heterocycles. The van der Waals surface area contributed by atoms with E-state index in [1.54, 1.807) is 19.2 Å². The van der Waals surface area contributed by atoms with E-state index in [4.69, 9.17) is 0 Å². The molecule has 0 aromatic heterocycles. The highest BCUT2D eigenvalue weighted by Gasteiger charge is 2.49. The third-order valence-electron chi connectivity index (χ3n) is 3.12. The molecule has 0 aliphatic carbocycles. The van der Waals surface area contributed by atoms with Crippen LogP contribution < -0.4 is 4.90 Å². The van der Waals surface area contributed by atoms with Gasteiger partial charge in [0.25, 0.3) is 5.91 Å². The number of fused-ring (bicyclic) bond motifs is 1. The van der Waals surface area contributed by atoms with Gasteiger partial charge in [-0.05, 0) is 19.9 Å². The van der Waals surface area contributed by atoms with Gasteiger partial charge >= 0.3 is 0 Å². The van der Waals surface area contributed by atoms with Gasteiger partial charge in [-0.2, -0.15) is 0 Å². The number of benzene rings is 1. The summed E-state index contributed by atoms with van der Waals surface area (Å²) in [7, 11) is 1.61. The van der Waals surface area contributed by atoms with E-state index in [2.05, 4.69) is 0 Å². The molecule has 1 atom stereocenters. The molecule has 17 heavy (non-hydrogen) atoms.